The normalized spacial score (nSPS) is 23.5. The van der Waals surface area contributed by atoms with Crippen LogP contribution < -0.4 is 4.74 Å². The number of carbonyl (C=O) groups is 1. The van der Waals surface area contributed by atoms with E-state index in [0.29, 0.717) is 6.54 Å². The Morgan fingerprint density at radius 3 is 2.61 bits per heavy atom. The van der Waals surface area contributed by atoms with E-state index in [0.717, 1.165) is 24.0 Å². The molecule has 1 aliphatic heterocycles. The molecule has 10 heteroatoms. The van der Waals surface area contributed by atoms with Crippen LogP contribution in [0.15, 0.2) is 41.8 Å². The van der Waals surface area contributed by atoms with Crippen LogP contribution in [0.4, 0.5) is 0 Å². The zero-order chi connectivity index (χ0) is 23.8. The Bertz CT molecular complexity index is 1110. The molecule has 0 spiro atoms. The van der Waals surface area contributed by atoms with Crippen LogP contribution >= 0.6 is 0 Å². The molecule has 3 atom stereocenters. The van der Waals surface area contributed by atoms with E-state index >= 15 is 0 Å². The van der Waals surface area contributed by atoms with Gasteiger partial charge < -0.3 is 14.7 Å². The minimum atomic E-state index is -3.92. The fraction of sp³-hybridized carbons (Fsp3) is 0.522. The molecule has 0 saturated heterocycles. The number of fused-ring (bicyclic) bond motifs is 1. The minimum Gasteiger partial charge on any atom is -0.487 e. The first kappa shape index (κ1) is 23.6. The highest BCUT2D eigenvalue weighted by Gasteiger charge is 2.39. The standard InChI is InChI=1S/C23H30N4O5S/c1-15-11-27(16(2)13-28)33(30,31)22-7-6-18(19-9-24-14-25-10-19)8-20(22)32-21(15)12-26(3)23(29)17-4-5-17/h6-10,14-17,21,28H,4-5,11-13H2,1-3H3/t15-,16+,21+/m1/s1. The zero-order valence-corrected chi connectivity index (χ0v) is 19.9. The number of amides is 1. The number of ether oxygens (including phenoxy) is 1. The van der Waals surface area contributed by atoms with E-state index in [4.69, 9.17) is 4.74 Å². The summed E-state index contributed by atoms with van der Waals surface area (Å²) in [5.74, 6) is 0.175. The molecule has 33 heavy (non-hydrogen) atoms. The second-order valence-electron chi connectivity index (χ2n) is 9.02. The van der Waals surface area contributed by atoms with E-state index in [1.165, 1.54) is 16.7 Å². The molecule has 2 aliphatic rings. The Labute approximate surface area is 194 Å². The lowest BCUT2D eigenvalue weighted by molar-refractivity contribution is -0.132. The van der Waals surface area contributed by atoms with Gasteiger partial charge in [-0.3, -0.25) is 4.79 Å². The van der Waals surface area contributed by atoms with Gasteiger partial charge in [-0.05, 0) is 37.5 Å². The van der Waals surface area contributed by atoms with Crippen molar-refractivity contribution in [2.45, 2.75) is 43.7 Å². The van der Waals surface area contributed by atoms with Gasteiger partial charge in [0, 0.05) is 49.4 Å². The first-order valence-electron chi connectivity index (χ1n) is 11.2. The summed E-state index contributed by atoms with van der Waals surface area (Å²) in [6, 6.07) is 4.30. The molecule has 2 heterocycles. The molecule has 9 nitrogen and oxygen atoms in total. The average Bonchev–Trinajstić information content (AvgIpc) is 3.66. The number of hydrogen-bond donors (Lipinski definition) is 1. The van der Waals surface area contributed by atoms with Gasteiger partial charge in [0.25, 0.3) is 0 Å². The van der Waals surface area contributed by atoms with Crippen LogP contribution in [0.25, 0.3) is 11.1 Å². The summed E-state index contributed by atoms with van der Waals surface area (Å²) in [4.78, 5) is 22.4. The van der Waals surface area contributed by atoms with E-state index < -0.39 is 22.2 Å². The van der Waals surface area contributed by atoms with Crippen LogP contribution in [-0.2, 0) is 14.8 Å². The van der Waals surface area contributed by atoms with Crippen molar-refractivity contribution in [1.82, 2.24) is 19.2 Å². The third-order valence-corrected chi connectivity index (χ3v) is 8.34. The van der Waals surface area contributed by atoms with Crippen molar-refractivity contribution in [2.24, 2.45) is 11.8 Å². The van der Waals surface area contributed by atoms with Gasteiger partial charge in [-0.2, -0.15) is 4.31 Å². The Hall–Kier alpha value is -2.56. The van der Waals surface area contributed by atoms with E-state index in [9.17, 15) is 18.3 Å². The Morgan fingerprint density at radius 1 is 1.27 bits per heavy atom. The maximum Gasteiger partial charge on any atom is 0.247 e. The average molecular weight is 475 g/mol. The first-order valence-corrected chi connectivity index (χ1v) is 12.6. The van der Waals surface area contributed by atoms with Crippen LogP contribution in [-0.4, -0.2) is 77.5 Å². The van der Waals surface area contributed by atoms with Crippen molar-refractivity contribution in [1.29, 1.82) is 0 Å². The van der Waals surface area contributed by atoms with Gasteiger partial charge in [0.05, 0.1) is 13.2 Å². The third kappa shape index (κ3) is 4.87. The number of carbonyl (C=O) groups excluding carboxylic acids is 1. The lowest BCUT2D eigenvalue weighted by atomic mass is 10.0. The van der Waals surface area contributed by atoms with Gasteiger partial charge in [0.1, 0.15) is 23.1 Å². The number of benzene rings is 1. The highest BCUT2D eigenvalue weighted by Crippen LogP contribution is 2.37. The summed E-state index contributed by atoms with van der Waals surface area (Å²) in [5.41, 5.74) is 1.45. The molecule has 1 aliphatic carbocycles. The second-order valence-corrected chi connectivity index (χ2v) is 10.9. The van der Waals surface area contributed by atoms with E-state index in [-0.39, 0.29) is 41.5 Å². The number of nitrogens with zero attached hydrogens (tertiary/aromatic N) is 4. The van der Waals surface area contributed by atoms with Crippen molar-refractivity contribution < 1.29 is 23.1 Å². The van der Waals surface area contributed by atoms with Gasteiger partial charge in [0.15, 0.2) is 0 Å². The predicted molar refractivity (Wildman–Crippen MR) is 122 cm³/mol. The lowest BCUT2D eigenvalue weighted by Gasteiger charge is -2.37. The number of aromatic nitrogens is 2. The summed E-state index contributed by atoms with van der Waals surface area (Å²) in [6.07, 6.45) is 6.12. The molecule has 4 rings (SSSR count). The maximum absolute atomic E-state index is 13.6. The summed E-state index contributed by atoms with van der Waals surface area (Å²) in [7, 11) is -2.16. The highest BCUT2D eigenvalue weighted by molar-refractivity contribution is 7.89. The van der Waals surface area contributed by atoms with Crippen molar-refractivity contribution in [2.75, 3.05) is 26.7 Å². The molecule has 0 radical (unpaired) electrons. The number of likely N-dealkylation sites (N-methyl/N-ethyl adjacent to an activating group) is 1. The minimum absolute atomic E-state index is 0.0384. The molecule has 1 amide bonds. The third-order valence-electron chi connectivity index (χ3n) is 6.32. The molecule has 1 saturated carbocycles. The Morgan fingerprint density at radius 2 is 1.97 bits per heavy atom. The maximum atomic E-state index is 13.6. The largest absolute Gasteiger partial charge is 0.487 e. The Kier molecular flexibility index (Phi) is 6.69. The number of aliphatic hydroxyl groups excluding tert-OH is 1. The van der Waals surface area contributed by atoms with Crippen molar-refractivity contribution in [3.8, 4) is 16.9 Å². The monoisotopic (exact) mass is 474 g/mol. The van der Waals surface area contributed by atoms with E-state index in [1.807, 2.05) is 6.92 Å². The summed E-state index contributed by atoms with van der Waals surface area (Å²) in [6.45, 7) is 3.81. The molecule has 2 aromatic rings. The smallest absolute Gasteiger partial charge is 0.247 e. The van der Waals surface area contributed by atoms with E-state index in [2.05, 4.69) is 9.97 Å². The topological polar surface area (TPSA) is 113 Å². The number of rotatable bonds is 6. The van der Waals surface area contributed by atoms with Crippen LogP contribution in [0.1, 0.15) is 26.7 Å². The molecule has 0 bridgehead atoms. The van der Waals surface area contributed by atoms with Gasteiger partial charge in [-0.15, -0.1) is 0 Å². The SMILES string of the molecule is C[C@@H]1CN([C@@H](C)CO)S(=O)(=O)c2ccc(-c3cncnc3)cc2O[C@H]1CN(C)C(=O)C1CC1. The fourth-order valence-electron chi connectivity index (χ4n) is 4.07. The zero-order valence-electron chi connectivity index (χ0n) is 19.1. The van der Waals surface area contributed by atoms with Crippen LogP contribution in [0.3, 0.4) is 0 Å². The summed E-state index contributed by atoms with van der Waals surface area (Å²) in [5, 5.41) is 9.76. The summed E-state index contributed by atoms with van der Waals surface area (Å²) >= 11 is 0. The van der Waals surface area contributed by atoms with E-state index in [1.54, 1.807) is 43.4 Å². The quantitative estimate of drug-likeness (QED) is 0.679. The van der Waals surface area contributed by atoms with Gasteiger partial charge >= 0.3 is 0 Å². The molecule has 1 aromatic heterocycles. The van der Waals surface area contributed by atoms with Crippen molar-refractivity contribution >= 4 is 15.9 Å². The van der Waals surface area contributed by atoms with Gasteiger partial charge in [0.2, 0.25) is 15.9 Å². The number of sulfonamides is 1. The van der Waals surface area contributed by atoms with Crippen LogP contribution in [0, 0.1) is 11.8 Å². The van der Waals surface area contributed by atoms with Gasteiger partial charge in [-0.25, -0.2) is 18.4 Å². The summed E-state index contributed by atoms with van der Waals surface area (Å²) < 4.78 is 34.8. The fourth-order valence-corrected chi connectivity index (χ4v) is 5.90. The van der Waals surface area contributed by atoms with Crippen LogP contribution in [0.2, 0.25) is 0 Å². The van der Waals surface area contributed by atoms with Gasteiger partial charge in [-0.1, -0.05) is 13.0 Å². The molecule has 178 valence electrons. The number of hydrogen-bond acceptors (Lipinski definition) is 7. The molecule has 1 N–H and O–H groups in total. The predicted octanol–water partition coefficient (Wildman–Crippen LogP) is 1.78. The number of aliphatic hydroxyl groups is 1. The molecular weight excluding hydrogens is 444 g/mol. The Balaban J connectivity index is 1.76. The van der Waals surface area contributed by atoms with Crippen molar-refractivity contribution in [3.05, 3.63) is 36.9 Å². The lowest BCUT2D eigenvalue weighted by Crippen LogP contribution is -2.50. The molecular formula is C23H30N4O5S. The highest BCUT2D eigenvalue weighted by atomic mass is 32.2. The van der Waals surface area contributed by atoms with Crippen molar-refractivity contribution in [3.63, 3.8) is 0 Å². The molecule has 1 aromatic carbocycles. The van der Waals surface area contributed by atoms with Crippen LogP contribution in [0.5, 0.6) is 5.75 Å². The second kappa shape index (κ2) is 9.36. The molecule has 1 fully saturated rings. The first-order chi connectivity index (χ1) is 15.7. The molecule has 0 unspecified atom stereocenters.